The summed E-state index contributed by atoms with van der Waals surface area (Å²) in [5, 5.41) is 19.0. The number of rotatable bonds is 5. The van der Waals surface area contributed by atoms with Crippen molar-refractivity contribution in [2.24, 2.45) is 0 Å². The Morgan fingerprint density at radius 2 is 2.00 bits per heavy atom. The van der Waals surface area contributed by atoms with Crippen LogP contribution in [0.15, 0.2) is 53.2 Å². The number of aromatic nitrogens is 5. The van der Waals surface area contributed by atoms with Gasteiger partial charge in [0, 0.05) is 5.38 Å². The first-order chi connectivity index (χ1) is 12.3. The quantitative estimate of drug-likeness (QED) is 0.585. The van der Waals surface area contributed by atoms with Gasteiger partial charge in [-0.05, 0) is 34.0 Å². The highest BCUT2D eigenvalue weighted by molar-refractivity contribution is 7.20. The van der Waals surface area contributed by atoms with E-state index >= 15 is 0 Å². The summed E-state index contributed by atoms with van der Waals surface area (Å²) in [6, 6.07) is 13.5. The van der Waals surface area contributed by atoms with Crippen LogP contribution in [0.25, 0.3) is 15.6 Å². The molecule has 3 heterocycles. The lowest BCUT2D eigenvalue weighted by Gasteiger charge is -2.05. The lowest BCUT2D eigenvalue weighted by atomic mass is 10.3. The van der Waals surface area contributed by atoms with Crippen LogP contribution in [0.5, 0.6) is 0 Å². The van der Waals surface area contributed by atoms with E-state index < -0.39 is 0 Å². The molecule has 1 N–H and O–H groups in total. The van der Waals surface area contributed by atoms with Crippen LogP contribution in [0.3, 0.4) is 0 Å². The second kappa shape index (κ2) is 6.91. The number of thiazole rings is 1. The zero-order valence-corrected chi connectivity index (χ0v) is 14.5. The molecule has 4 aromatic rings. The largest absolute Gasteiger partial charge is 0.343 e. The van der Waals surface area contributed by atoms with Crippen molar-refractivity contribution < 1.29 is 4.79 Å². The third-order valence-electron chi connectivity index (χ3n) is 3.41. The molecular formula is C16H12N6OS2. The topological polar surface area (TPSA) is 85.6 Å². The van der Waals surface area contributed by atoms with Crippen LogP contribution in [-0.4, -0.2) is 31.1 Å². The Bertz CT molecular complexity index is 977. The van der Waals surface area contributed by atoms with E-state index in [4.69, 9.17) is 0 Å². The van der Waals surface area contributed by atoms with Gasteiger partial charge in [0.15, 0.2) is 5.82 Å². The molecule has 0 unspecified atom stereocenters. The van der Waals surface area contributed by atoms with Crippen LogP contribution in [0.2, 0.25) is 0 Å². The van der Waals surface area contributed by atoms with Crippen LogP contribution < -0.4 is 5.32 Å². The SMILES string of the molecule is O=C(NCc1nnnn1-c1ccccc1)c1csc(-c2cccs2)n1. The first-order valence-electron chi connectivity index (χ1n) is 7.41. The molecule has 25 heavy (non-hydrogen) atoms. The lowest BCUT2D eigenvalue weighted by molar-refractivity contribution is 0.0945. The van der Waals surface area contributed by atoms with Gasteiger partial charge in [-0.15, -0.1) is 27.8 Å². The zero-order valence-electron chi connectivity index (χ0n) is 12.9. The number of thiophene rings is 1. The number of para-hydroxylation sites is 1. The first kappa shape index (κ1) is 15.6. The van der Waals surface area contributed by atoms with Crippen molar-refractivity contribution in [3.63, 3.8) is 0 Å². The van der Waals surface area contributed by atoms with E-state index in [9.17, 15) is 4.79 Å². The van der Waals surface area contributed by atoms with Crippen LogP contribution in [-0.2, 0) is 6.54 Å². The molecule has 1 aromatic carbocycles. The van der Waals surface area contributed by atoms with E-state index in [0.717, 1.165) is 15.6 Å². The Labute approximate surface area is 151 Å². The van der Waals surface area contributed by atoms with E-state index in [2.05, 4.69) is 25.8 Å². The van der Waals surface area contributed by atoms with Gasteiger partial charge in [-0.25, -0.2) is 4.98 Å². The van der Waals surface area contributed by atoms with Crippen LogP contribution in [0.1, 0.15) is 16.3 Å². The summed E-state index contributed by atoms with van der Waals surface area (Å²) < 4.78 is 1.60. The van der Waals surface area contributed by atoms with E-state index in [-0.39, 0.29) is 12.5 Å². The summed E-state index contributed by atoms with van der Waals surface area (Å²) >= 11 is 3.05. The Hall–Kier alpha value is -2.91. The third-order valence-corrected chi connectivity index (χ3v) is 5.29. The minimum absolute atomic E-state index is 0.215. The van der Waals surface area contributed by atoms with Crippen molar-refractivity contribution in [1.82, 2.24) is 30.5 Å². The maximum absolute atomic E-state index is 12.3. The molecule has 0 aliphatic carbocycles. The van der Waals surface area contributed by atoms with Gasteiger partial charge in [-0.3, -0.25) is 4.79 Å². The highest BCUT2D eigenvalue weighted by atomic mass is 32.1. The minimum atomic E-state index is -0.248. The average molecular weight is 368 g/mol. The van der Waals surface area contributed by atoms with Crippen molar-refractivity contribution in [1.29, 1.82) is 0 Å². The summed E-state index contributed by atoms with van der Waals surface area (Å²) in [6.45, 7) is 0.215. The number of carbonyl (C=O) groups is 1. The standard InChI is InChI=1S/C16H12N6OS2/c23-15(12-10-25-16(18-12)13-7-4-8-24-13)17-9-14-19-20-21-22(14)11-5-2-1-3-6-11/h1-8,10H,9H2,(H,17,23). The van der Waals surface area contributed by atoms with Gasteiger partial charge >= 0.3 is 0 Å². The highest BCUT2D eigenvalue weighted by Crippen LogP contribution is 2.27. The summed E-state index contributed by atoms with van der Waals surface area (Å²) in [6.07, 6.45) is 0. The number of hydrogen-bond acceptors (Lipinski definition) is 7. The van der Waals surface area contributed by atoms with Crippen LogP contribution in [0.4, 0.5) is 0 Å². The van der Waals surface area contributed by atoms with E-state index in [1.165, 1.54) is 11.3 Å². The molecule has 0 aliphatic heterocycles. The average Bonchev–Trinajstić information content (AvgIpc) is 3.41. The van der Waals surface area contributed by atoms with Crippen LogP contribution >= 0.6 is 22.7 Å². The third kappa shape index (κ3) is 3.32. The fraction of sp³-hybridized carbons (Fsp3) is 0.0625. The van der Waals surface area contributed by atoms with Crippen molar-refractivity contribution >= 4 is 28.6 Å². The molecule has 0 aliphatic rings. The molecule has 0 fully saturated rings. The Balaban J connectivity index is 1.46. The minimum Gasteiger partial charge on any atom is -0.343 e. The molecule has 0 saturated carbocycles. The van der Waals surface area contributed by atoms with Gasteiger partial charge < -0.3 is 5.32 Å². The smallest absolute Gasteiger partial charge is 0.271 e. The molecule has 7 nitrogen and oxygen atoms in total. The Morgan fingerprint density at radius 1 is 1.12 bits per heavy atom. The van der Waals surface area contributed by atoms with Crippen molar-refractivity contribution in [3.8, 4) is 15.6 Å². The Morgan fingerprint density at radius 3 is 2.80 bits per heavy atom. The normalized spacial score (nSPS) is 10.7. The molecule has 4 rings (SSSR count). The number of tetrazole rings is 1. The molecule has 0 atom stereocenters. The molecule has 0 saturated heterocycles. The second-order valence-electron chi connectivity index (χ2n) is 5.04. The molecule has 3 aromatic heterocycles. The van der Waals surface area contributed by atoms with Gasteiger partial charge in [0.1, 0.15) is 10.7 Å². The first-order valence-corrected chi connectivity index (χ1v) is 9.17. The van der Waals surface area contributed by atoms with Crippen molar-refractivity contribution in [3.05, 3.63) is 64.7 Å². The zero-order chi connectivity index (χ0) is 17.1. The summed E-state index contributed by atoms with van der Waals surface area (Å²) in [5.74, 6) is 0.301. The van der Waals surface area contributed by atoms with Gasteiger partial charge in [0.05, 0.1) is 17.1 Å². The molecule has 1 amide bonds. The lowest BCUT2D eigenvalue weighted by Crippen LogP contribution is -2.25. The van der Waals surface area contributed by atoms with Crippen LogP contribution in [0, 0.1) is 0 Å². The van der Waals surface area contributed by atoms with E-state index in [1.54, 1.807) is 21.4 Å². The maximum Gasteiger partial charge on any atom is 0.271 e. The van der Waals surface area contributed by atoms with Gasteiger partial charge in [0.25, 0.3) is 5.91 Å². The van der Waals surface area contributed by atoms with Gasteiger partial charge in [-0.1, -0.05) is 24.3 Å². The molecule has 9 heteroatoms. The number of amides is 1. The van der Waals surface area contributed by atoms with Crippen molar-refractivity contribution in [2.75, 3.05) is 0 Å². The van der Waals surface area contributed by atoms with Gasteiger partial charge in [0.2, 0.25) is 0 Å². The Kier molecular flexibility index (Phi) is 4.32. The van der Waals surface area contributed by atoms with Gasteiger partial charge in [-0.2, -0.15) is 4.68 Å². The molecule has 0 spiro atoms. The number of carbonyl (C=O) groups excluding carboxylic acids is 1. The predicted octanol–water partition coefficient (Wildman–Crippen LogP) is 2.78. The number of hydrogen-bond donors (Lipinski definition) is 1. The predicted molar refractivity (Wildman–Crippen MR) is 95.8 cm³/mol. The monoisotopic (exact) mass is 368 g/mol. The summed E-state index contributed by atoms with van der Waals surface area (Å²) in [5.41, 5.74) is 1.23. The molecule has 124 valence electrons. The molecule has 0 radical (unpaired) electrons. The number of nitrogens with zero attached hydrogens (tertiary/aromatic N) is 5. The van der Waals surface area contributed by atoms with E-state index in [1.807, 2.05) is 47.8 Å². The fourth-order valence-electron chi connectivity index (χ4n) is 2.23. The summed E-state index contributed by atoms with van der Waals surface area (Å²) in [7, 11) is 0. The van der Waals surface area contributed by atoms with E-state index in [0.29, 0.717) is 11.5 Å². The highest BCUT2D eigenvalue weighted by Gasteiger charge is 2.14. The molecule has 0 bridgehead atoms. The second-order valence-corrected chi connectivity index (χ2v) is 6.85. The number of nitrogens with one attached hydrogen (secondary N) is 1. The fourth-order valence-corrected chi connectivity index (χ4v) is 3.84. The maximum atomic E-state index is 12.3. The number of benzene rings is 1. The van der Waals surface area contributed by atoms with Crippen molar-refractivity contribution in [2.45, 2.75) is 6.54 Å². The molecular weight excluding hydrogens is 356 g/mol. The summed E-state index contributed by atoms with van der Waals surface area (Å²) in [4.78, 5) is 17.8.